The first-order chi connectivity index (χ1) is 16.6. The summed E-state index contributed by atoms with van der Waals surface area (Å²) >= 11 is 0. The number of allylic oxidation sites excluding steroid dienone is 3. The van der Waals surface area contributed by atoms with Gasteiger partial charge in [-0.15, -0.1) is 0 Å². The van der Waals surface area contributed by atoms with Crippen LogP contribution in [0.1, 0.15) is 68.7 Å². The molecule has 0 nitrogen and oxygen atoms in total. The van der Waals surface area contributed by atoms with Crippen molar-refractivity contribution in [1.29, 1.82) is 0 Å². The maximum absolute atomic E-state index is 2.34. The summed E-state index contributed by atoms with van der Waals surface area (Å²) in [5.74, 6) is 0.645. The second-order valence-corrected chi connectivity index (χ2v) is 9.78. The Hall–Kier alpha value is -3.16. The summed E-state index contributed by atoms with van der Waals surface area (Å²) in [4.78, 5) is 0. The first-order valence-corrected chi connectivity index (χ1v) is 12.6. The van der Waals surface area contributed by atoms with Crippen LogP contribution >= 0.6 is 0 Å². The zero-order valence-electron chi connectivity index (χ0n) is 20.9. The zero-order valence-corrected chi connectivity index (χ0v) is 20.9. The molecule has 0 saturated heterocycles. The van der Waals surface area contributed by atoms with Gasteiger partial charge in [-0.25, -0.2) is 0 Å². The minimum Gasteiger partial charge on any atom is -0.0683 e. The summed E-state index contributed by atoms with van der Waals surface area (Å²) in [7, 11) is 0. The van der Waals surface area contributed by atoms with Gasteiger partial charge in [0.2, 0.25) is 0 Å². The largest absolute Gasteiger partial charge is 0.0683 e. The summed E-state index contributed by atoms with van der Waals surface area (Å²) in [6.45, 7) is 9.08. The molecule has 0 bridgehead atoms. The Labute approximate surface area is 215 Å². The van der Waals surface area contributed by atoms with Crippen LogP contribution in [0, 0.1) is 0 Å². The SMILES string of the molecule is CC1=Cc2c(cccc2-c2cccc3ccccc23)C1.CCCC1=C(C)c2ccccc2C1C.[SiH4]. The van der Waals surface area contributed by atoms with Gasteiger partial charge in [-0.05, 0) is 87.4 Å². The predicted molar refractivity (Wildman–Crippen MR) is 160 cm³/mol. The van der Waals surface area contributed by atoms with Crippen LogP contribution in [0.5, 0.6) is 0 Å². The van der Waals surface area contributed by atoms with Gasteiger partial charge in [-0.1, -0.05) is 122 Å². The first-order valence-electron chi connectivity index (χ1n) is 12.6. The summed E-state index contributed by atoms with van der Waals surface area (Å²) in [6.07, 6.45) is 5.94. The minimum absolute atomic E-state index is 0. The van der Waals surface area contributed by atoms with E-state index in [4.69, 9.17) is 0 Å². The maximum Gasteiger partial charge on any atom is 0.00317 e. The average molecular weight is 475 g/mol. The second kappa shape index (κ2) is 10.6. The highest BCUT2D eigenvalue weighted by molar-refractivity contribution is 5.99. The van der Waals surface area contributed by atoms with Crippen LogP contribution in [0.3, 0.4) is 0 Å². The normalized spacial score (nSPS) is 15.7. The van der Waals surface area contributed by atoms with E-state index in [-0.39, 0.29) is 11.0 Å². The molecular formula is C34H38Si. The van der Waals surface area contributed by atoms with Crippen molar-refractivity contribution in [2.45, 2.75) is 52.9 Å². The van der Waals surface area contributed by atoms with Crippen molar-refractivity contribution in [2.24, 2.45) is 0 Å². The van der Waals surface area contributed by atoms with Gasteiger partial charge in [0.15, 0.2) is 0 Å². The van der Waals surface area contributed by atoms with E-state index in [1.54, 1.807) is 5.57 Å². The molecule has 2 aliphatic carbocycles. The van der Waals surface area contributed by atoms with Crippen molar-refractivity contribution in [3.05, 3.63) is 118 Å². The van der Waals surface area contributed by atoms with Gasteiger partial charge in [0.05, 0.1) is 0 Å². The minimum atomic E-state index is 0. The summed E-state index contributed by atoms with van der Waals surface area (Å²) in [6, 6.07) is 30.7. The Morgan fingerprint density at radius 2 is 1.40 bits per heavy atom. The van der Waals surface area contributed by atoms with Crippen LogP contribution in [0.15, 0.2) is 96.1 Å². The van der Waals surface area contributed by atoms with Crippen molar-refractivity contribution < 1.29 is 0 Å². The fourth-order valence-corrected chi connectivity index (χ4v) is 5.81. The fourth-order valence-electron chi connectivity index (χ4n) is 5.81. The van der Waals surface area contributed by atoms with Crippen molar-refractivity contribution in [3.8, 4) is 11.1 Å². The molecule has 1 unspecified atom stereocenters. The average Bonchev–Trinajstić information content (AvgIpc) is 3.37. The molecule has 0 radical (unpaired) electrons. The van der Waals surface area contributed by atoms with Gasteiger partial charge in [-0.2, -0.15) is 0 Å². The topological polar surface area (TPSA) is 0 Å². The Morgan fingerprint density at radius 3 is 2.20 bits per heavy atom. The van der Waals surface area contributed by atoms with Crippen molar-refractivity contribution in [3.63, 3.8) is 0 Å². The summed E-state index contributed by atoms with van der Waals surface area (Å²) in [5, 5.41) is 2.64. The van der Waals surface area contributed by atoms with E-state index in [1.807, 2.05) is 0 Å². The van der Waals surface area contributed by atoms with Crippen molar-refractivity contribution in [2.75, 3.05) is 0 Å². The lowest BCUT2D eigenvalue weighted by atomic mass is 9.93. The molecule has 0 spiro atoms. The van der Waals surface area contributed by atoms with Crippen LogP contribution < -0.4 is 0 Å². The van der Waals surface area contributed by atoms with Crippen LogP contribution in [0.4, 0.5) is 0 Å². The lowest BCUT2D eigenvalue weighted by Crippen LogP contribution is -1.92. The van der Waals surface area contributed by atoms with E-state index < -0.39 is 0 Å². The molecule has 0 saturated carbocycles. The molecule has 1 heteroatoms. The Balaban J connectivity index is 0.000000171. The molecule has 6 rings (SSSR count). The van der Waals surface area contributed by atoms with E-state index in [2.05, 4.69) is 119 Å². The quantitative estimate of drug-likeness (QED) is 0.262. The first kappa shape index (κ1) is 24.9. The molecule has 178 valence electrons. The molecule has 1 atom stereocenters. The van der Waals surface area contributed by atoms with Gasteiger partial charge in [-0.3, -0.25) is 0 Å². The van der Waals surface area contributed by atoms with Crippen molar-refractivity contribution >= 4 is 33.4 Å². The van der Waals surface area contributed by atoms with E-state index in [0.29, 0.717) is 5.92 Å². The molecular weight excluding hydrogens is 436 g/mol. The number of hydrogen-bond acceptors (Lipinski definition) is 0. The van der Waals surface area contributed by atoms with Crippen LogP contribution in [-0.2, 0) is 6.42 Å². The Bertz CT molecular complexity index is 1410. The highest BCUT2D eigenvalue weighted by atomic mass is 28.1. The number of benzene rings is 4. The van der Waals surface area contributed by atoms with E-state index in [9.17, 15) is 0 Å². The Morgan fingerprint density at radius 1 is 0.743 bits per heavy atom. The third-order valence-corrected chi connectivity index (χ3v) is 7.49. The van der Waals surface area contributed by atoms with Gasteiger partial charge < -0.3 is 0 Å². The Kier molecular flexibility index (Phi) is 7.57. The lowest BCUT2D eigenvalue weighted by molar-refractivity contribution is 0.801. The molecule has 0 N–H and O–H groups in total. The molecule has 0 amide bonds. The highest BCUT2D eigenvalue weighted by Gasteiger charge is 2.24. The van der Waals surface area contributed by atoms with Gasteiger partial charge in [0, 0.05) is 5.92 Å². The molecule has 2 aliphatic rings. The van der Waals surface area contributed by atoms with Gasteiger partial charge in [0.1, 0.15) is 0 Å². The standard InChI is InChI=1S/C20H16.C14H18.H4Si/c1-14-12-16-8-5-11-19(20(16)13-14)18-10-4-7-15-6-2-3-9-17(15)18;1-4-7-12-10(2)13-8-5-6-9-14(13)11(12)3;/h2-11,13H,12H2,1H3;5-6,8-10H,4,7H2,1-3H3;1H4. The molecule has 35 heavy (non-hydrogen) atoms. The van der Waals surface area contributed by atoms with Crippen molar-refractivity contribution in [1.82, 2.24) is 0 Å². The maximum atomic E-state index is 2.34. The molecule has 0 heterocycles. The monoisotopic (exact) mass is 474 g/mol. The van der Waals surface area contributed by atoms with E-state index in [0.717, 1.165) is 6.42 Å². The van der Waals surface area contributed by atoms with Crippen LogP contribution in [0.25, 0.3) is 33.5 Å². The number of fused-ring (bicyclic) bond motifs is 3. The zero-order chi connectivity index (χ0) is 23.7. The molecule has 4 aromatic carbocycles. The molecule has 0 fully saturated rings. The molecule has 0 aromatic heterocycles. The number of rotatable bonds is 3. The van der Waals surface area contributed by atoms with Crippen LogP contribution in [0.2, 0.25) is 0 Å². The highest BCUT2D eigenvalue weighted by Crippen LogP contribution is 2.43. The summed E-state index contributed by atoms with van der Waals surface area (Å²) < 4.78 is 0. The summed E-state index contributed by atoms with van der Waals surface area (Å²) in [5.41, 5.74) is 13.2. The fraction of sp³-hybridized carbons (Fsp3) is 0.235. The van der Waals surface area contributed by atoms with E-state index >= 15 is 0 Å². The van der Waals surface area contributed by atoms with Gasteiger partial charge >= 0.3 is 0 Å². The lowest BCUT2D eigenvalue weighted by Gasteiger charge is -2.11. The smallest absolute Gasteiger partial charge is 0.00317 e. The third-order valence-electron chi connectivity index (χ3n) is 7.49. The van der Waals surface area contributed by atoms with Crippen LogP contribution in [-0.4, -0.2) is 11.0 Å². The van der Waals surface area contributed by atoms with E-state index in [1.165, 1.54) is 68.1 Å². The second-order valence-electron chi connectivity index (χ2n) is 9.78. The molecule has 4 aromatic rings. The van der Waals surface area contributed by atoms with Gasteiger partial charge in [0.25, 0.3) is 0 Å². The predicted octanol–water partition coefficient (Wildman–Crippen LogP) is 8.39. The molecule has 0 aliphatic heterocycles. The third kappa shape index (κ3) is 4.70. The number of hydrogen-bond donors (Lipinski definition) is 0.